The second-order valence-electron chi connectivity index (χ2n) is 4.52. The van der Waals surface area contributed by atoms with Crippen LogP contribution in [0.4, 0.5) is 4.79 Å². The molecule has 1 aliphatic heterocycles. The van der Waals surface area contributed by atoms with Crippen LogP contribution in [0.15, 0.2) is 11.4 Å². The summed E-state index contributed by atoms with van der Waals surface area (Å²) < 4.78 is 0. The second kappa shape index (κ2) is 5.39. The molecule has 2 N–H and O–H groups in total. The molecular weight excluding hydrogens is 252 g/mol. The zero-order valence-corrected chi connectivity index (χ0v) is 11.0. The number of nitrogens with one attached hydrogen (secondary N) is 1. The minimum Gasteiger partial charge on any atom is -0.481 e. The smallest absolute Gasteiger partial charge is 0.317 e. The highest BCUT2D eigenvalue weighted by atomic mass is 32.1. The van der Waals surface area contributed by atoms with Crippen LogP contribution in [-0.2, 0) is 11.3 Å². The number of carbonyl (C=O) groups is 2. The Morgan fingerprint density at radius 3 is 2.94 bits per heavy atom. The molecule has 98 valence electrons. The highest BCUT2D eigenvalue weighted by molar-refractivity contribution is 7.10. The van der Waals surface area contributed by atoms with E-state index in [-0.39, 0.29) is 6.03 Å². The summed E-state index contributed by atoms with van der Waals surface area (Å²) in [6.45, 7) is 3.35. The van der Waals surface area contributed by atoms with E-state index in [0.29, 0.717) is 26.1 Å². The maximum atomic E-state index is 11.8. The number of carbonyl (C=O) groups excluding carboxylic acids is 1. The van der Waals surface area contributed by atoms with E-state index in [2.05, 4.69) is 5.32 Å². The first kappa shape index (κ1) is 12.9. The van der Waals surface area contributed by atoms with Gasteiger partial charge >= 0.3 is 12.0 Å². The van der Waals surface area contributed by atoms with Crippen LogP contribution in [0, 0.1) is 12.8 Å². The molecule has 0 aliphatic carbocycles. The van der Waals surface area contributed by atoms with Gasteiger partial charge in [-0.15, -0.1) is 11.3 Å². The number of aliphatic carboxylic acids is 1. The van der Waals surface area contributed by atoms with Crippen LogP contribution in [-0.4, -0.2) is 35.1 Å². The van der Waals surface area contributed by atoms with Crippen molar-refractivity contribution in [3.8, 4) is 0 Å². The Balaban J connectivity index is 1.80. The number of thiophene rings is 1. The number of rotatable bonds is 3. The normalized spacial score (nSPS) is 18.9. The van der Waals surface area contributed by atoms with Gasteiger partial charge in [0.1, 0.15) is 0 Å². The van der Waals surface area contributed by atoms with E-state index in [1.807, 2.05) is 18.4 Å². The third-order valence-electron chi connectivity index (χ3n) is 3.02. The maximum Gasteiger partial charge on any atom is 0.317 e. The molecule has 1 fully saturated rings. The number of nitrogens with zero attached hydrogens (tertiary/aromatic N) is 1. The van der Waals surface area contributed by atoms with Gasteiger partial charge in [-0.2, -0.15) is 0 Å². The van der Waals surface area contributed by atoms with Gasteiger partial charge in [0.15, 0.2) is 0 Å². The largest absolute Gasteiger partial charge is 0.481 e. The fourth-order valence-corrected chi connectivity index (χ4v) is 2.82. The number of carboxylic acids is 1. The molecule has 1 aromatic rings. The van der Waals surface area contributed by atoms with Gasteiger partial charge in [-0.3, -0.25) is 4.79 Å². The first-order valence-electron chi connectivity index (χ1n) is 5.86. The lowest BCUT2D eigenvalue weighted by Crippen LogP contribution is -2.38. The summed E-state index contributed by atoms with van der Waals surface area (Å²) in [6.07, 6.45) is 0.543. The van der Waals surface area contributed by atoms with Gasteiger partial charge in [-0.25, -0.2) is 4.79 Å². The summed E-state index contributed by atoms with van der Waals surface area (Å²) in [5.74, 6) is -1.24. The Kier molecular flexibility index (Phi) is 3.86. The lowest BCUT2D eigenvalue weighted by molar-refractivity contribution is -0.141. The predicted molar refractivity (Wildman–Crippen MR) is 68.6 cm³/mol. The molecule has 2 heterocycles. The first-order valence-corrected chi connectivity index (χ1v) is 6.74. The summed E-state index contributed by atoms with van der Waals surface area (Å²) >= 11 is 1.61. The van der Waals surface area contributed by atoms with Crippen molar-refractivity contribution in [3.63, 3.8) is 0 Å². The van der Waals surface area contributed by atoms with Crippen LogP contribution in [0.3, 0.4) is 0 Å². The molecule has 0 aromatic carbocycles. The van der Waals surface area contributed by atoms with Crippen LogP contribution >= 0.6 is 11.3 Å². The van der Waals surface area contributed by atoms with Crippen molar-refractivity contribution in [3.05, 3.63) is 21.9 Å². The van der Waals surface area contributed by atoms with Crippen LogP contribution < -0.4 is 5.32 Å². The average molecular weight is 268 g/mol. The van der Waals surface area contributed by atoms with E-state index < -0.39 is 11.9 Å². The fourth-order valence-electron chi connectivity index (χ4n) is 2.00. The topological polar surface area (TPSA) is 69.6 Å². The van der Waals surface area contributed by atoms with E-state index in [9.17, 15) is 9.59 Å². The minimum absolute atomic E-state index is 0.176. The highest BCUT2D eigenvalue weighted by Gasteiger charge is 2.30. The van der Waals surface area contributed by atoms with Gasteiger partial charge in [-0.05, 0) is 30.4 Å². The van der Waals surface area contributed by atoms with Crippen molar-refractivity contribution in [1.82, 2.24) is 10.2 Å². The fraction of sp³-hybridized carbons (Fsp3) is 0.500. The van der Waals surface area contributed by atoms with E-state index >= 15 is 0 Å². The third-order valence-corrected chi connectivity index (χ3v) is 4.08. The molecule has 0 bridgehead atoms. The summed E-state index contributed by atoms with van der Waals surface area (Å²) in [5, 5.41) is 13.7. The number of aryl methyl sites for hydroxylation is 1. The SMILES string of the molecule is Cc1csc(CNC(=O)N2CCC(C(=O)O)C2)c1. The summed E-state index contributed by atoms with van der Waals surface area (Å²) in [5.41, 5.74) is 1.19. The average Bonchev–Trinajstić information content (AvgIpc) is 2.94. The standard InChI is InChI=1S/C12H16N2O3S/c1-8-4-10(18-7-8)5-13-12(17)14-3-2-9(6-14)11(15)16/h4,7,9H,2-3,5-6H2,1H3,(H,13,17)(H,15,16). The number of likely N-dealkylation sites (tertiary alicyclic amines) is 1. The monoisotopic (exact) mass is 268 g/mol. The zero-order chi connectivity index (χ0) is 13.1. The molecule has 5 nitrogen and oxygen atoms in total. The van der Waals surface area contributed by atoms with E-state index in [0.717, 1.165) is 4.88 Å². The first-order chi connectivity index (χ1) is 8.56. The molecule has 1 unspecified atom stereocenters. The molecule has 1 aromatic heterocycles. The van der Waals surface area contributed by atoms with Crippen molar-refractivity contribution in [2.45, 2.75) is 19.9 Å². The second-order valence-corrected chi connectivity index (χ2v) is 5.51. The lowest BCUT2D eigenvalue weighted by atomic mass is 10.1. The predicted octanol–water partition coefficient (Wildman–Crippen LogP) is 1.67. The van der Waals surface area contributed by atoms with Crippen LogP contribution in [0.2, 0.25) is 0 Å². The van der Waals surface area contributed by atoms with Gasteiger partial charge in [0, 0.05) is 18.0 Å². The molecule has 0 saturated carbocycles. The third kappa shape index (κ3) is 3.01. The molecule has 2 amide bonds. The molecule has 2 rings (SSSR count). The number of amides is 2. The quantitative estimate of drug-likeness (QED) is 0.876. The summed E-state index contributed by atoms with van der Waals surface area (Å²) in [6, 6.07) is 1.86. The van der Waals surface area contributed by atoms with Gasteiger partial charge in [0.05, 0.1) is 12.5 Å². The van der Waals surface area contributed by atoms with Crippen molar-refractivity contribution >= 4 is 23.3 Å². The Morgan fingerprint density at radius 2 is 2.39 bits per heavy atom. The van der Waals surface area contributed by atoms with Crippen molar-refractivity contribution in [2.75, 3.05) is 13.1 Å². The summed E-state index contributed by atoms with van der Waals surface area (Å²) in [4.78, 5) is 25.3. The van der Waals surface area contributed by atoms with Crippen molar-refractivity contribution in [2.24, 2.45) is 5.92 Å². The zero-order valence-electron chi connectivity index (χ0n) is 10.2. The van der Waals surface area contributed by atoms with Gasteiger partial charge in [-0.1, -0.05) is 0 Å². The van der Waals surface area contributed by atoms with Crippen LogP contribution in [0.1, 0.15) is 16.9 Å². The molecule has 18 heavy (non-hydrogen) atoms. The van der Waals surface area contributed by atoms with Gasteiger partial charge < -0.3 is 15.3 Å². The molecule has 6 heteroatoms. The molecule has 1 aliphatic rings. The molecule has 1 saturated heterocycles. The number of carboxylic acid groups (broad SMARTS) is 1. The Hall–Kier alpha value is -1.56. The molecule has 1 atom stereocenters. The molecule has 0 radical (unpaired) electrons. The Bertz CT molecular complexity index is 458. The number of urea groups is 1. The minimum atomic E-state index is -0.820. The number of hydrogen-bond acceptors (Lipinski definition) is 3. The van der Waals surface area contributed by atoms with E-state index in [1.54, 1.807) is 16.2 Å². The highest BCUT2D eigenvalue weighted by Crippen LogP contribution is 2.17. The number of hydrogen-bond donors (Lipinski definition) is 2. The van der Waals surface area contributed by atoms with Gasteiger partial charge in [0.25, 0.3) is 0 Å². The van der Waals surface area contributed by atoms with E-state index in [4.69, 9.17) is 5.11 Å². The van der Waals surface area contributed by atoms with Crippen molar-refractivity contribution in [1.29, 1.82) is 0 Å². The molecule has 0 spiro atoms. The van der Waals surface area contributed by atoms with Crippen molar-refractivity contribution < 1.29 is 14.7 Å². The lowest BCUT2D eigenvalue weighted by Gasteiger charge is -2.16. The Labute approximate surface area is 109 Å². The van der Waals surface area contributed by atoms with E-state index in [1.165, 1.54) is 5.56 Å². The van der Waals surface area contributed by atoms with Gasteiger partial charge in [0.2, 0.25) is 0 Å². The molecular formula is C12H16N2O3S. The summed E-state index contributed by atoms with van der Waals surface area (Å²) in [7, 11) is 0. The van der Waals surface area contributed by atoms with Crippen LogP contribution in [0.5, 0.6) is 0 Å². The Morgan fingerprint density at radius 1 is 1.61 bits per heavy atom. The van der Waals surface area contributed by atoms with Crippen LogP contribution in [0.25, 0.3) is 0 Å². The maximum absolute atomic E-state index is 11.8.